The van der Waals surface area contributed by atoms with Crippen LogP contribution in [0.1, 0.15) is 13.8 Å². The first-order chi connectivity index (χ1) is 4.46. The van der Waals surface area contributed by atoms with Crippen LogP contribution in [0.4, 0.5) is 0 Å². The van der Waals surface area contributed by atoms with Crippen LogP contribution in [0, 0.1) is 0 Å². The van der Waals surface area contributed by atoms with Crippen molar-refractivity contribution in [3.63, 3.8) is 0 Å². The first-order valence-electron chi connectivity index (χ1n) is 3.31. The molecule has 0 fully saturated rings. The van der Waals surface area contributed by atoms with Gasteiger partial charge in [-0.05, 0) is 20.4 Å². The van der Waals surface area contributed by atoms with Crippen LogP contribution in [0.25, 0.3) is 0 Å². The molecule has 0 aromatic heterocycles. The molecule has 0 aromatic carbocycles. The quantitative estimate of drug-likeness (QED) is 0.476. The Labute approximate surface area is 62.5 Å². The summed E-state index contributed by atoms with van der Waals surface area (Å²) < 4.78 is 0. The second-order valence-electron chi connectivity index (χ2n) is 2.61. The zero-order chi connectivity index (χ0) is 8.31. The van der Waals surface area contributed by atoms with Gasteiger partial charge in [0.1, 0.15) is 0 Å². The third-order valence-corrected chi connectivity index (χ3v) is 1.59. The Morgan fingerprint density at radius 1 is 1.40 bits per heavy atom. The van der Waals surface area contributed by atoms with E-state index in [1.54, 1.807) is 12.1 Å². The van der Waals surface area contributed by atoms with Crippen LogP contribution in [0.2, 0.25) is 0 Å². The van der Waals surface area contributed by atoms with E-state index in [1.165, 1.54) is 0 Å². The van der Waals surface area contributed by atoms with Crippen molar-refractivity contribution in [1.29, 1.82) is 0 Å². The Bertz CT molecular complexity index is 123. The average molecular weight is 144 g/mol. The SMILES string of the molecule is C=C(O)N(C)N(C)C(C)C. The molecule has 3 nitrogen and oxygen atoms in total. The number of nitrogens with zero attached hydrogens (tertiary/aromatic N) is 2. The van der Waals surface area contributed by atoms with E-state index in [1.807, 2.05) is 25.9 Å². The summed E-state index contributed by atoms with van der Waals surface area (Å²) in [4.78, 5) is 0. The first kappa shape index (κ1) is 9.30. The van der Waals surface area contributed by atoms with Gasteiger partial charge in [0.15, 0.2) is 5.88 Å². The number of rotatable bonds is 3. The van der Waals surface area contributed by atoms with Crippen molar-refractivity contribution in [3.05, 3.63) is 12.5 Å². The fraction of sp³-hybridized carbons (Fsp3) is 0.714. The van der Waals surface area contributed by atoms with E-state index in [2.05, 4.69) is 6.58 Å². The van der Waals surface area contributed by atoms with Gasteiger partial charge in [-0.1, -0.05) is 0 Å². The van der Waals surface area contributed by atoms with Crippen molar-refractivity contribution in [2.24, 2.45) is 0 Å². The Morgan fingerprint density at radius 3 is 1.90 bits per heavy atom. The molecule has 0 rings (SSSR count). The molecule has 0 aromatic rings. The molecule has 0 aliphatic heterocycles. The van der Waals surface area contributed by atoms with Crippen molar-refractivity contribution < 1.29 is 5.11 Å². The fourth-order valence-electron chi connectivity index (χ4n) is 0.528. The number of hydrazine groups is 1. The summed E-state index contributed by atoms with van der Waals surface area (Å²) >= 11 is 0. The smallest absolute Gasteiger partial charge is 0.193 e. The van der Waals surface area contributed by atoms with E-state index in [9.17, 15) is 0 Å². The highest BCUT2D eigenvalue weighted by Gasteiger charge is 2.09. The minimum absolute atomic E-state index is 0.0659. The van der Waals surface area contributed by atoms with E-state index in [0.29, 0.717) is 6.04 Å². The molecule has 0 radical (unpaired) electrons. The summed E-state index contributed by atoms with van der Waals surface area (Å²) in [6.45, 7) is 7.48. The standard InChI is InChI=1S/C7H16N2O/c1-6(2)8(4)9(5)7(3)10/h6,10H,3H2,1-2,4-5H3. The van der Waals surface area contributed by atoms with Crippen LogP contribution in [-0.2, 0) is 0 Å². The topological polar surface area (TPSA) is 26.7 Å². The van der Waals surface area contributed by atoms with Crippen molar-refractivity contribution >= 4 is 0 Å². The number of hydrogen-bond acceptors (Lipinski definition) is 3. The summed E-state index contributed by atoms with van der Waals surface area (Å²) in [5.41, 5.74) is 0. The molecule has 0 heterocycles. The monoisotopic (exact) mass is 144 g/mol. The Kier molecular flexibility index (Phi) is 3.22. The van der Waals surface area contributed by atoms with Crippen molar-refractivity contribution in [2.45, 2.75) is 19.9 Å². The van der Waals surface area contributed by atoms with E-state index in [4.69, 9.17) is 5.11 Å². The Morgan fingerprint density at radius 2 is 1.80 bits per heavy atom. The lowest BCUT2D eigenvalue weighted by Crippen LogP contribution is -2.40. The number of aliphatic hydroxyl groups excluding tert-OH is 1. The molecule has 0 saturated carbocycles. The fourth-order valence-corrected chi connectivity index (χ4v) is 0.528. The molecule has 0 bridgehead atoms. The van der Waals surface area contributed by atoms with Gasteiger partial charge in [-0.3, -0.25) is 5.01 Å². The zero-order valence-electron chi connectivity index (χ0n) is 7.13. The van der Waals surface area contributed by atoms with Crippen LogP contribution in [0.5, 0.6) is 0 Å². The molecule has 0 saturated heterocycles. The molecule has 0 amide bonds. The maximum absolute atomic E-state index is 8.93. The zero-order valence-corrected chi connectivity index (χ0v) is 7.13. The lowest BCUT2D eigenvalue weighted by atomic mass is 10.4. The predicted molar refractivity (Wildman–Crippen MR) is 42.4 cm³/mol. The summed E-state index contributed by atoms with van der Waals surface area (Å²) in [5.74, 6) is 0.0659. The first-order valence-corrected chi connectivity index (χ1v) is 3.31. The van der Waals surface area contributed by atoms with Crippen LogP contribution < -0.4 is 0 Å². The van der Waals surface area contributed by atoms with Gasteiger partial charge in [-0.2, -0.15) is 0 Å². The Balaban J connectivity index is 3.94. The van der Waals surface area contributed by atoms with Gasteiger partial charge < -0.3 is 5.11 Å². The summed E-state index contributed by atoms with van der Waals surface area (Å²) in [6.07, 6.45) is 0. The third kappa shape index (κ3) is 2.27. The van der Waals surface area contributed by atoms with Gasteiger partial charge in [0.25, 0.3) is 0 Å². The van der Waals surface area contributed by atoms with Crippen LogP contribution >= 0.6 is 0 Å². The van der Waals surface area contributed by atoms with Gasteiger partial charge in [-0.25, -0.2) is 5.01 Å². The highest BCUT2D eigenvalue weighted by Crippen LogP contribution is 2.01. The van der Waals surface area contributed by atoms with Gasteiger partial charge >= 0.3 is 0 Å². The lowest BCUT2D eigenvalue weighted by molar-refractivity contribution is -0.00863. The van der Waals surface area contributed by atoms with Crippen molar-refractivity contribution in [2.75, 3.05) is 14.1 Å². The van der Waals surface area contributed by atoms with E-state index in [-0.39, 0.29) is 5.88 Å². The van der Waals surface area contributed by atoms with Crippen molar-refractivity contribution in [1.82, 2.24) is 10.0 Å². The molecule has 3 heteroatoms. The van der Waals surface area contributed by atoms with E-state index in [0.717, 1.165) is 0 Å². The van der Waals surface area contributed by atoms with Gasteiger partial charge in [0.2, 0.25) is 0 Å². The summed E-state index contributed by atoms with van der Waals surface area (Å²) in [5, 5.41) is 12.4. The lowest BCUT2D eigenvalue weighted by Gasteiger charge is -2.31. The second-order valence-corrected chi connectivity index (χ2v) is 2.61. The van der Waals surface area contributed by atoms with Gasteiger partial charge in [0, 0.05) is 20.1 Å². The third-order valence-electron chi connectivity index (χ3n) is 1.59. The highest BCUT2D eigenvalue weighted by molar-refractivity contribution is 4.75. The summed E-state index contributed by atoms with van der Waals surface area (Å²) in [7, 11) is 3.66. The maximum Gasteiger partial charge on any atom is 0.193 e. The van der Waals surface area contributed by atoms with Gasteiger partial charge in [-0.15, -0.1) is 0 Å². The average Bonchev–Trinajstić information content (AvgIpc) is 1.84. The van der Waals surface area contributed by atoms with Crippen LogP contribution in [0.3, 0.4) is 0 Å². The largest absolute Gasteiger partial charge is 0.494 e. The molecule has 1 N–H and O–H groups in total. The van der Waals surface area contributed by atoms with Gasteiger partial charge in [0.05, 0.1) is 0 Å². The molecule has 0 atom stereocenters. The molecule has 0 spiro atoms. The molecule has 0 unspecified atom stereocenters. The Hall–Kier alpha value is -0.700. The predicted octanol–water partition coefficient (Wildman–Crippen LogP) is 1.20. The summed E-state index contributed by atoms with van der Waals surface area (Å²) in [6, 6.07) is 0.369. The second kappa shape index (κ2) is 3.46. The molecule has 0 aliphatic rings. The molecule has 60 valence electrons. The van der Waals surface area contributed by atoms with Crippen LogP contribution in [-0.4, -0.2) is 35.3 Å². The minimum Gasteiger partial charge on any atom is -0.494 e. The molecular formula is C7H16N2O. The minimum atomic E-state index is 0.0659. The van der Waals surface area contributed by atoms with Crippen molar-refractivity contribution in [3.8, 4) is 0 Å². The number of aliphatic hydroxyl groups is 1. The van der Waals surface area contributed by atoms with Crippen LogP contribution in [0.15, 0.2) is 12.5 Å². The molecule has 10 heavy (non-hydrogen) atoms. The maximum atomic E-state index is 8.93. The number of hydrogen-bond donors (Lipinski definition) is 1. The highest BCUT2D eigenvalue weighted by atomic mass is 16.3. The van der Waals surface area contributed by atoms with E-state index >= 15 is 0 Å². The van der Waals surface area contributed by atoms with E-state index < -0.39 is 0 Å². The molecular weight excluding hydrogens is 128 g/mol. The molecule has 0 aliphatic carbocycles. The normalized spacial score (nSPS) is 10.6.